The normalized spacial score (nSPS) is 11.9. The standard InChI is InChI=1S/C21H24ClF3N2O3S2/c1-15-6-3-4-7-16(15)14-31-11-5-10-26-20(28)13-27(32(2,29)30)19-12-17(21(23,24)25)8-9-18(19)22/h3-4,6-9,12H,5,10-11,13-14H2,1-2H3,(H,26,28). The van der Waals surface area contributed by atoms with Gasteiger partial charge in [-0.25, -0.2) is 8.42 Å². The molecule has 0 aromatic heterocycles. The van der Waals surface area contributed by atoms with Crippen LogP contribution in [0.15, 0.2) is 42.5 Å². The van der Waals surface area contributed by atoms with Gasteiger partial charge in [-0.2, -0.15) is 24.9 Å². The second-order valence-corrected chi connectivity index (χ2v) is 10.5. The van der Waals surface area contributed by atoms with Gasteiger partial charge in [0, 0.05) is 12.3 Å². The molecule has 0 bridgehead atoms. The van der Waals surface area contributed by atoms with Crippen LogP contribution in [0.2, 0.25) is 5.02 Å². The number of anilines is 1. The number of halogens is 4. The molecule has 0 saturated heterocycles. The summed E-state index contributed by atoms with van der Waals surface area (Å²) in [5, 5.41) is 2.40. The number of thioether (sulfide) groups is 1. The number of nitrogens with one attached hydrogen (secondary N) is 1. The highest BCUT2D eigenvalue weighted by Gasteiger charge is 2.33. The van der Waals surface area contributed by atoms with Crippen molar-refractivity contribution >= 4 is 45.0 Å². The Morgan fingerprint density at radius 3 is 2.50 bits per heavy atom. The van der Waals surface area contributed by atoms with Gasteiger partial charge >= 0.3 is 6.18 Å². The van der Waals surface area contributed by atoms with Crippen molar-refractivity contribution in [3.8, 4) is 0 Å². The number of rotatable bonds is 10. The number of sulfonamides is 1. The zero-order valence-corrected chi connectivity index (χ0v) is 20.0. The smallest absolute Gasteiger partial charge is 0.354 e. The van der Waals surface area contributed by atoms with E-state index in [1.54, 1.807) is 11.8 Å². The second-order valence-electron chi connectivity index (χ2n) is 7.12. The van der Waals surface area contributed by atoms with Crippen molar-refractivity contribution < 1.29 is 26.4 Å². The molecule has 0 spiro atoms. The first-order valence-electron chi connectivity index (χ1n) is 9.63. The van der Waals surface area contributed by atoms with Crippen molar-refractivity contribution in [2.75, 3.05) is 29.4 Å². The third kappa shape index (κ3) is 7.90. The lowest BCUT2D eigenvalue weighted by Crippen LogP contribution is -2.41. The molecule has 0 atom stereocenters. The van der Waals surface area contributed by atoms with Crippen molar-refractivity contribution in [3.63, 3.8) is 0 Å². The molecule has 0 saturated carbocycles. The molecule has 1 N–H and O–H groups in total. The first-order chi connectivity index (χ1) is 14.9. The average Bonchev–Trinajstić information content (AvgIpc) is 2.69. The predicted molar refractivity (Wildman–Crippen MR) is 124 cm³/mol. The molecule has 2 aromatic carbocycles. The summed E-state index contributed by atoms with van der Waals surface area (Å²) in [6, 6.07) is 10.4. The van der Waals surface area contributed by atoms with E-state index in [2.05, 4.69) is 11.4 Å². The SMILES string of the molecule is Cc1ccccc1CSCCCNC(=O)CN(c1cc(C(F)(F)F)ccc1Cl)S(C)(=O)=O. The van der Waals surface area contributed by atoms with Crippen LogP contribution in [-0.2, 0) is 26.7 Å². The molecule has 0 aliphatic rings. The second kappa shape index (κ2) is 11.3. The molecule has 1 amide bonds. The lowest BCUT2D eigenvalue weighted by Gasteiger charge is -2.24. The number of aryl methyl sites for hydroxylation is 1. The minimum Gasteiger partial charge on any atom is -0.354 e. The summed E-state index contributed by atoms with van der Waals surface area (Å²) >= 11 is 7.66. The van der Waals surface area contributed by atoms with Gasteiger partial charge in [-0.3, -0.25) is 9.10 Å². The lowest BCUT2D eigenvalue weighted by atomic mass is 10.1. The zero-order valence-electron chi connectivity index (χ0n) is 17.6. The van der Waals surface area contributed by atoms with Crippen molar-refractivity contribution in [1.82, 2.24) is 5.32 Å². The average molecular weight is 509 g/mol. The molecule has 176 valence electrons. The molecule has 2 aromatic rings. The van der Waals surface area contributed by atoms with Gasteiger partial charge in [0.05, 0.1) is 22.5 Å². The molecule has 0 unspecified atom stereocenters. The Kier molecular flexibility index (Phi) is 9.29. The van der Waals surface area contributed by atoms with Gasteiger partial charge in [-0.05, 0) is 48.4 Å². The summed E-state index contributed by atoms with van der Waals surface area (Å²) in [6.07, 6.45) is -3.22. The molecular weight excluding hydrogens is 485 g/mol. The van der Waals surface area contributed by atoms with Crippen LogP contribution in [0.4, 0.5) is 18.9 Å². The summed E-state index contributed by atoms with van der Waals surface area (Å²) in [7, 11) is -4.06. The van der Waals surface area contributed by atoms with Crippen molar-refractivity contribution in [2.45, 2.75) is 25.3 Å². The fraction of sp³-hybridized carbons (Fsp3) is 0.381. The molecule has 0 radical (unpaired) electrons. The Morgan fingerprint density at radius 1 is 1.19 bits per heavy atom. The van der Waals surface area contributed by atoms with Crippen LogP contribution in [0.1, 0.15) is 23.1 Å². The monoisotopic (exact) mass is 508 g/mol. The Balaban J connectivity index is 1.92. The first-order valence-corrected chi connectivity index (χ1v) is 13.0. The molecule has 32 heavy (non-hydrogen) atoms. The van der Waals surface area contributed by atoms with E-state index in [1.807, 2.05) is 25.1 Å². The minimum atomic E-state index is -4.68. The molecule has 0 heterocycles. The van der Waals surface area contributed by atoms with Crippen molar-refractivity contribution in [3.05, 3.63) is 64.2 Å². The van der Waals surface area contributed by atoms with E-state index in [1.165, 1.54) is 11.1 Å². The number of hydrogen-bond donors (Lipinski definition) is 1. The van der Waals surface area contributed by atoms with E-state index >= 15 is 0 Å². The molecule has 0 fully saturated rings. The zero-order chi connectivity index (χ0) is 23.9. The Bertz CT molecular complexity index is 1050. The molecule has 2 rings (SSSR count). The quantitative estimate of drug-likeness (QED) is 0.465. The fourth-order valence-electron chi connectivity index (χ4n) is 2.80. The van der Waals surface area contributed by atoms with Crippen LogP contribution in [-0.4, -0.2) is 39.4 Å². The largest absolute Gasteiger partial charge is 0.416 e. The van der Waals surface area contributed by atoms with E-state index in [-0.39, 0.29) is 5.02 Å². The van der Waals surface area contributed by atoms with Gasteiger partial charge in [0.25, 0.3) is 0 Å². The van der Waals surface area contributed by atoms with Gasteiger partial charge in [0.2, 0.25) is 15.9 Å². The van der Waals surface area contributed by atoms with Crippen LogP contribution >= 0.6 is 23.4 Å². The van der Waals surface area contributed by atoms with Crippen LogP contribution in [0.25, 0.3) is 0 Å². The minimum absolute atomic E-state index is 0.205. The van der Waals surface area contributed by atoms with E-state index in [4.69, 9.17) is 11.6 Å². The van der Waals surface area contributed by atoms with Gasteiger partial charge < -0.3 is 5.32 Å². The third-order valence-corrected chi connectivity index (χ3v) is 7.07. The highest BCUT2D eigenvalue weighted by molar-refractivity contribution is 7.98. The number of amides is 1. The maximum absolute atomic E-state index is 13.0. The van der Waals surface area contributed by atoms with Gasteiger partial charge in [-0.1, -0.05) is 35.9 Å². The summed E-state index contributed by atoms with van der Waals surface area (Å²) < 4.78 is 64.0. The highest BCUT2D eigenvalue weighted by atomic mass is 35.5. The predicted octanol–water partition coefficient (Wildman–Crippen LogP) is 4.87. The maximum atomic E-state index is 13.0. The van der Waals surface area contributed by atoms with E-state index in [0.29, 0.717) is 23.3 Å². The summed E-state index contributed by atoms with van der Waals surface area (Å²) in [4.78, 5) is 12.3. The van der Waals surface area contributed by atoms with Crippen LogP contribution in [0.3, 0.4) is 0 Å². The number of alkyl halides is 3. The fourth-order valence-corrected chi connectivity index (χ4v) is 4.97. The highest BCUT2D eigenvalue weighted by Crippen LogP contribution is 2.36. The number of benzene rings is 2. The molecule has 0 aliphatic heterocycles. The first kappa shape index (κ1) is 26.3. The van der Waals surface area contributed by atoms with Crippen LogP contribution < -0.4 is 9.62 Å². The van der Waals surface area contributed by atoms with E-state index < -0.39 is 39.9 Å². The number of carbonyl (C=O) groups is 1. The lowest BCUT2D eigenvalue weighted by molar-refractivity contribution is -0.137. The molecule has 0 aliphatic carbocycles. The number of nitrogens with zero attached hydrogens (tertiary/aromatic N) is 1. The van der Waals surface area contributed by atoms with Crippen molar-refractivity contribution in [2.24, 2.45) is 0 Å². The number of hydrogen-bond acceptors (Lipinski definition) is 4. The van der Waals surface area contributed by atoms with Gasteiger partial charge in [0.1, 0.15) is 6.54 Å². The third-order valence-electron chi connectivity index (χ3n) is 4.54. The van der Waals surface area contributed by atoms with Gasteiger partial charge in [0.15, 0.2) is 0 Å². The Morgan fingerprint density at radius 2 is 1.88 bits per heavy atom. The summed E-state index contributed by atoms with van der Waals surface area (Å²) in [5.41, 5.74) is 0.996. The van der Waals surface area contributed by atoms with Gasteiger partial charge in [-0.15, -0.1) is 0 Å². The van der Waals surface area contributed by atoms with Crippen LogP contribution in [0, 0.1) is 6.92 Å². The Labute approximate surface area is 195 Å². The van der Waals surface area contributed by atoms with E-state index in [9.17, 15) is 26.4 Å². The summed E-state index contributed by atoms with van der Waals surface area (Å²) in [5.74, 6) is 0.994. The molecule has 5 nitrogen and oxygen atoms in total. The van der Waals surface area contributed by atoms with Crippen LogP contribution in [0.5, 0.6) is 0 Å². The van der Waals surface area contributed by atoms with E-state index in [0.717, 1.165) is 29.9 Å². The Hall–Kier alpha value is -1.91. The van der Waals surface area contributed by atoms with Crippen molar-refractivity contribution in [1.29, 1.82) is 0 Å². The topological polar surface area (TPSA) is 66.5 Å². The number of carbonyl (C=O) groups excluding carboxylic acids is 1. The summed E-state index contributed by atoms with van der Waals surface area (Å²) in [6.45, 7) is 1.68. The molecular formula is C21H24ClF3N2O3S2. The maximum Gasteiger partial charge on any atom is 0.416 e. The molecule has 11 heteroatoms.